The van der Waals surface area contributed by atoms with Crippen molar-refractivity contribution >= 4 is 16.8 Å². The van der Waals surface area contributed by atoms with Crippen molar-refractivity contribution < 1.29 is 9.18 Å². The van der Waals surface area contributed by atoms with E-state index >= 15 is 0 Å². The molecule has 0 aliphatic carbocycles. The summed E-state index contributed by atoms with van der Waals surface area (Å²) in [7, 11) is 3.58. The highest BCUT2D eigenvalue weighted by molar-refractivity contribution is 5.93. The summed E-state index contributed by atoms with van der Waals surface area (Å²) in [5.41, 5.74) is 3.16. The maximum Gasteiger partial charge on any atom is 0.272 e. The van der Waals surface area contributed by atoms with Gasteiger partial charge in [0.25, 0.3) is 5.91 Å². The lowest BCUT2D eigenvalue weighted by Crippen LogP contribution is -2.28. The topological polar surface area (TPSA) is 53.9 Å². The number of carbonyl (C=O) groups is 1. The summed E-state index contributed by atoms with van der Waals surface area (Å²) in [6.07, 6.45) is 1.60. The third-order valence-corrected chi connectivity index (χ3v) is 4.63. The third kappa shape index (κ3) is 3.21. The number of H-pyrrole nitrogens is 1. The molecule has 0 radical (unpaired) electrons. The molecule has 4 aromatic rings. The first-order valence-electron chi connectivity index (χ1n) is 8.62. The Labute approximate surface area is 156 Å². The fourth-order valence-corrected chi connectivity index (χ4v) is 3.24. The molecule has 6 heteroatoms. The minimum Gasteiger partial charge on any atom is -0.357 e. The van der Waals surface area contributed by atoms with E-state index in [0.717, 1.165) is 28.0 Å². The van der Waals surface area contributed by atoms with Crippen LogP contribution < -0.4 is 0 Å². The predicted octanol–water partition coefficient (Wildman–Crippen LogP) is 3.98. The molecular formula is C21H19FN4O. The molecule has 0 aliphatic rings. The SMILES string of the molecule is CN(Cc1cc2cc(F)ccc2[nH]1)C(=O)c1cnc(-c2ccccc2)n1C. The second kappa shape index (κ2) is 6.72. The van der Waals surface area contributed by atoms with Crippen molar-refractivity contribution in [3.8, 4) is 11.4 Å². The van der Waals surface area contributed by atoms with Crippen LogP contribution in [0.3, 0.4) is 0 Å². The number of aromatic nitrogens is 3. The van der Waals surface area contributed by atoms with Gasteiger partial charge in [0.05, 0.1) is 12.7 Å². The van der Waals surface area contributed by atoms with Crippen LogP contribution in [0.25, 0.3) is 22.3 Å². The number of nitrogens with one attached hydrogen (secondary N) is 1. The number of carbonyl (C=O) groups excluding carboxylic acids is 1. The van der Waals surface area contributed by atoms with Gasteiger partial charge in [-0.3, -0.25) is 4.79 Å². The van der Waals surface area contributed by atoms with Gasteiger partial charge in [-0.25, -0.2) is 9.37 Å². The van der Waals surface area contributed by atoms with Crippen LogP contribution in [0.4, 0.5) is 4.39 Å². The van der Waals surface area contributed by atoms with E-state index in [0.29, 0.717) is 12.2 Å². The number of hydrogen-bond acceptors (Lipinski definition) is 2. The highest BCUT2D eigenvalue weighted by atomic mass is 19.1. The van der Waals surface area contributed by atoms with E-state index < -0.39 is 0 Å². The van der Waals surface area contributed by atoms with Crippen LogP contribution in [0, 0.1) is 5.82 Å². The second-order valence-electron chi connectivity index (χ2n) is 6.58. The molecule has 0 aliphatic heterocycles. The first-order chi connectivity index (χ1) is 13.0. The number of rotatable bonds is 4. The molecule has 136 valence electrons. The number of nitrogens with zero attached hydrogens (tertiary/aromatic N) is 3. The van der Waals surface area contributed by atoms with Gasteiger partial charge in [-0.1, -0.05) is 30.3 Å². The van der Waals surface area contributed by atoms with Gasteiger partial charge < -0.3 is 14.5 Å². The lowest BCUT2D eigenvalue weighted by molar-refractivity contribution is 0.0774. The van der Waals surface area contributed by atoms with Crippen molar-refractivity contribution in [2.75, 3.05) is 7.05 Å². The Hall–Kier alpha value is -3.41. The van der Waals surface area contributed by atoms with E-state index in [1.807, 2.05) is 43.4 Å². The fraction of sp³-hybridized carbons (Fsp3) is 0.143. The van der Waals surface area contributed by atoms with Gasteiger partial charge in [-0.15, -0.1) is 0 Å². The van der Waals surface area contributed by atoms with Crippen molar-refractivity contribution in [2.24, 2.45) is 7.05 Å². The molecule has 0 saturated heterocycles. The summed E-state index contributed by atoms with van der Waals surface area (Å²) in [6, 6.07) is 16.2. The molecule has 0 atom stereocenters. The van der Waals surface area contributed by atoms with Crippen molar-refractivity contribution in [2.45, 2.75) is 6.54 Å². The Bertz CT molecular complexity index is 1110. The van der Waals surface area contributed by atoms with Crippen LogP contribution in [0.5, 0.6) is 0 Å². The molecular weight excluding hydrogens is 343 g/mol. The van der Waals surface area contributed by atoms with Gasteiger partial charge in [0.15, 0.2) is 0 Å². The fourth-order valence-electron chi connectivity index (χ4n) is 3.24. The maximum atomic E-state index is 13.4. The van der Waals surface area contributed by atoms with E-state index in [1.54, 1.807) is 28.8 Å². The van der Waals surface area contributed by atoms with Gasteiger partial charge in [-0.2, -0.15) is 0 Å². The van der Waals surface area contributed by atoms with Crippen LogP contribution >= 0.6 is 0 Å². The van der Waals surface area contributed by atoms with Crippen LogP contribution in [0.15, 0.2) is 60.8 Å². The van der Waals surface area contributed by atoms with Gasteiger partial charge >= 0.3 is 0 Å². The Kier molecular flexibility index (Phi) is 4.24. The highest BCUT2D eigenvalue weighted by Crippen LogP contribution is 2.20. The first kappa shape index (κ1) is 17.0. The average Bonchev–Trinajstić information content (AvgIpc) is 3.24. The minimum absolute atomic E-state index is 0.128. The molecule has 5 nitrogen and oxygen atoms in total. The number of aromatic amines is 1. The molecule has 0 spiro atoms. The van der Waals surface area contributed by atoms with Crippen molar-refractivity contribution in [3.05, 3.63) is 78.0 Å². The van der Waals surface area contributed by atoms with Crippen LogP contribution in [-0.2, 0) is 13.6 Å². The summed E-state index contributed by atoms with van der Waals surface area (Å²) < 4.78 is 15.2. The van der Waals surface area contributed by atoms with Crippen LogP contribution in [0.2, 0.25) is 0 Å². The molecule has 0 saturated carbocycles. The number of benzene rings is 2. The Morgan fingerprint density at radius 2 is 1.96 bits per heavy atom. The smallest absolute Gasteiger partial charge is 0.272 e. The molecule has 2 aromatic heterocycles. The summed E-state index contributed by atoms with van der Waals surface area (Å²) in [4.78, 5) is 22.1. The van der Waals surface area contributed by atoms with E-state index in [9.17, 15) is 9.18 Å². The summed E-state index contributed by atoms with van der Waals surface area (Å²) in [5.74, 6) is 0.339. The summed E-state index contributed by atoms with van der Waals surface area (Å²) >= 11 is 0. The lowest BCUT2D eigenvalue weighted by atomic mass is 10.2. The molecule has 2 aromatic carbocycles. The monoisotopic (exact) mass is 362 g/mol. The third-order valence-electron chi connectivity index (χ3n) is 4.63. The van der Waals surface area contributed by atoms with Crippen LogP contribution in [0.1, 0.15) is 16.2 Å². The van der Waals surface area contributed by atoms with Crippen molar-refractivity contribution in [1.82, 2.24) is 19.4 Å². The van der Waals surface area contributed by atoms with Gasteiger partial charge in [0, 0.05) is 36.3 Å². The van der Waals surface area contributed by atoms with Crippen LogP contribution in [-0.4, -0.2) is 32.4 Å². The zero-order valence-electron chi connectivity index (χ0n) is 15.1. The zero-order valence-corrected chi connectivity index (χ0v) is 15.1. The second-order valence-corrected chi connectivity index (χ2v) is 6.58. The minimum atomic E-state index is -0.277. The maximum absolute atomic E-state index is 13.4. The number of hydrogen-bond donors (Lipinski definition) is 1. The molecule has 4 rings (SSSR count). The molecule has 2 heterocycles. The number of fused-ring (bicyclic) bond motifs is 1. The molecule has 0 bridgehead atoms. The van der Waals surface area contributed by atoms with Crippen molar-refractivity contribution in [3.63, 3.8) is 0 Å². The Morgan fingerprint density at radius 1 is 1.19 bits per heavy atom. The van der Waals surface area contributed by atoms with E-state index in [4.69, 9.17) is 0 Å². The molecule has 1 N–H and O–H groups in total. The normalized spacial score (nSPS) is 11.1. The predicted molar refractivity (Wildman–Crippen MR) is 103 cm³/mol. The van der Waals surface area contributed by atoms with Gasteiger partial charge in [0.2, 0.25) is 0 Å². The molecule has 0 fully saturated rings. The molecule has 27 heavy (non-hydrogen) atoms. The highest BCUT2D eigenvalue weighted by Gasteiger charge is 2.19. The van der Waals surface area contributed by atoms with Crippen molar-refractivity contribution in [1.29, 1.82) is 0 Å². The zero-order chi connectivity index (χ0) is 19.0. The van der Waals surface area contributed by atoms with Gasteiger partial charge in [0.1, 0.15) is 17.3 Å². The first-order valence-corrected chi connectivity index (χ1v) is 8.62. The number of imidazole rings is 1. The Balaban J connectivity index is 1.56. The summed E-state index contributed by atoms with van der Waals surface area (Å²) in [5, 5.41) is 0.790. The molecule has 1 amide bonds. The van der Waals surface area contributed by atoms with E-state index in [-0.39, 0.29) is 11.7 Å². The Morgan fingerprint density at radius 3 is 2.74 bits per heavy atom. The lowest BCUT2D eigenvalue weighted by Gasteiger charge is -2.16. The van der Waals surface area contributed by atoms with E-state index in [1.165, 1.54) is 12.1 Å². The quantitative estimate of drug-likeness (QED) is 0.597. The average molecular weight is 362 g/mol. The number of halogens is 1. The van der Waals surface area contributed by atoms with E-state index in [2.05, 4.69) is 9.97 Å². The standard InChI is InChI=1S/C21H19FN4O/c1-25(13-17-11-15-10-16(22)8-9-18(15)24-17)21(27)19-12-23-20(26(19)2)14-6-4-3-5-7-14/h3-12,24H,13H2,1-2H3. The number of amides is 1. The largest absolute Gasteiger partial charge is 0.357 e. The summed E-state index contributed by atoms with van der Waals surface area (Å²) in [6.45, 7) is 0.390. The van der Waals surface area contributed by atoms with Gasteiger partial charge in [-0.05, 0) is 24.3 Å². The molecule has 0 unspecified atom stereocenters.